The van der Waals surface area contributed by atoms with Gasteiger partial charge < -0.3 is 15.4 Å². The van der Waals surface area contributed by atoms with Gasteiger partial charge in [-0.1, -0.05) is 105 Å². The number of anilines is 2. The molecule has 1 aliphatic heterocycles. The second-order valence-corrected chi connectivity index (χ2v) is 13.2. The highest BCUT2D eigenvalue weighted by atomic mass is 79.9. The zero-order chi connectivity index (χ0) is 31.5. The van der Waals surface area contributed by atoms with E-state index in [4.69, 9.17) is 49.6 Å². The first-order valence-corrected chi connectivity index (χ1v) is 16.7. The zero-order valence-electron chi connectivity index (χ0n) is 23.7. The standard InChI is InChI=1S/C33H25BrCl3N5O2S/c1-19-29(31(43)39-24-8-3-2-4-9-24)30(42-32(38-19)40-33(41-42)45-18-21-7-5-6-10-26(21)36)25-15-22(34)12-14-28(25)44-17-20-11-13-23(35)16-27(20)37/h2-16,30H,17-18H2,1H3,(H,39,43)(H,38,40,41). The fourth-order valence-corrected chi connectivity index (χ4v) is 6.87. The van der Waals surface area contributed by atoms with Gasteiger partial charge in [0.15, 0.2) is 0 Å². The number of nitrogens with one attached hydrogen (secondary N) is 2. The van der Waals surface area contributed by atoms with Crippen LogP contribution in [-0.2, 0) is 17.2 Å². The highest BCUT2D eigenvalue weighted by Gasteiger charge is 2.36. The van der Waals surface area contributed by atoms with Gasteiger partial charge in [-0.3, -0.25) is 4.79 Å². The number of hydrogen-bond acceptors (Lipinski definition) is 6. The molecule has 12 heteroatoms. The number of fused-ring (bicyclic) bond motifs is 1. The predicted molar refractivity (Wildman–Crippen MR) is 186 cm³/mol. The molecule has 0 radical (unpaired) electrons. The molecule has 0 fully saturated rings. The van der Waals surface area contributed by atoms with Crippen LogP contribution in [0.3, 0.4) is 0 Å². The summed E-state index contributed by atoms with van der Waals surface area (Å²) in [4.78, 5) is 18.8. The molecule has 228 valence electrons. The minimum Gasteiger partial charge on any atom is -0.488 e. The average Bonchev–Trinajstić information content (AvgIpc) is 3.43. The molecule has 5 aromatic rings. The van der Waals surface area contributed by atoms with Crippen LogP contribution in [0.25, 0.3) is 0 Å². The molecule has 6 rings (SSSR count). The van der Waals surface area contributed by atoms with Crippen LogP contribution in [0.1, 0.15) is 29.7 Å². The first-order valence-electron chi connectivity index (χ1n) is 13.8. The molecule has 0 bridgehead atoms. The average molecular weight is 742 g/mol. The molecule has 1 atom stereocenters. The highest BCUT2D eigenvalue weighted by molar-refractivity contribution is 9.10. The Morgan fingerprint density at radius 2 is 1.76 bits per heavy atom. The van der Waals surface area contributed by atoms with Crippen molar-refractivity contribution in [1.82, 2.24) is 14.8 Å². The fourth-order valence-electron chi connectivity index (χ4n) is 4.91. The number of amides is 1. The molecule has 1 unspecified atom stereocenters. The zero-order valence-corrected chi connectivity index (χ0v) is 28.4. The molecule has 0 aliphatic carbocycles. The Morgan fingerprint density at radius 1 is 0.978 bits per heavy atom. The maximum absolute atomic E-state index is 14.0. The molecule has 7 nitrogen and oxygen atoms in total. The number of thioether (sulfide) groups is 1. The van der Waals surface area contributed by atoms with Crippen molar-refractivity contribution in [2.24, 2.45) is 0 Å². The minimum atomic E-state index is -0.680. The van der Waals surface area contributed by atoms with E-state index in [1.165, 1.54) is 11.8 Å². The molecule has 45 heavy (non-hydrogen) atoms. The van der Waals surface area contributed by atoms with E-state index in [0.717, 1.165) is 15.6 Å². The van der Waals surface area contributed by atoms with Gasteiger partial charge in [-0.05, 0) is 61.0 Å². The number of benzene rings is 4. The number of carbonyl (C=O) groups is 1. The first kappa shape index (κ1) is 31.5. The van der Waals surface area contributed by atoms with E-state index in [1.807, 2.05) is 85.8 Å². The van der Waals surface area contributed by atoms with E-state index in [9.17, 15) is 4.79 Å². The van der Waals surface area contributed by atoms with E-state index in [1.54, 1.807) is 16.8 Å². The van der Waals surface area contributed by atoms with Crippen molar-refractivity contribution >= 4 is 80.0 Å². The second kappa shape index (κ2) is 13.9. The SMILES string of the molecule is CC1=C(C(=O)Nc2ccccc2)C(c2cc(Br)ccc2OCc2ccc(Cl)cc2Cl)n2nc(SCc3ccccc3Cl)nc2N1. The number of nitrogens with zero attached hydrogens (tertiary/aromatic N) is 3. The molecule has 2 heterocycles. The fraction of sp³-hybridized carbons (Fsp3) is 0.121. The van der Waals surface area contributed by atoms with Crippen LogP contribution >= 0.6 is 62.5 Å². The Balaban J connectivity index is 1.40. The van der Waals surface area contributed by atoms with Crippen LogP contribution in [0.15, 0.2) is 112 Å². The number of hydrogen-bond donors (Lipinski definition) is 2. The Kier molecular flexibility index (Phi) is 9.72. The number of aromatic nitrogens is 3. The first-order chi connectivity index (χ1) is 21.8. The normalized spacial score (nSPS) is 14.1. The van der Waals surface area contributed by atoms with Crippen molar-refractivity contribution in [3.8, 4) is 5.75 Å². The lowest BCUT2D eigenvalue weighted by molar-refractivity contribution is -0.113. The van der Waals surface area contributed by atoms with Crippen molar-refractivity contribution in [2.75, 3.05) is 10.6 Å². The molecule has 1 aromatic heterocycles. The minimum absolute atomic E-state index is 0.187. The summed E-state index contributed by atoms with van der Waals surface area (Å²) in [5, 5.41) is 13.5. The van der Waals surface area contributed by atoms with E-state index in [0.29, 0.717) is 60.2 Å². The van der Waals surface area contributed by atoms with E-state index >= 15 is 0 Å². The third kappa shape index (κ3) is 7.18. The number of halogens is 4. The van der Waals surface area contributed by atoms with Crippen molar-refractivity contribution < 1.29 is 9.53 Å². The molecule has 1 aliphatic rings. The Hall–Kier alpha value is -3.47. The Labute approximate surface area is 288 Å². The molecule has 0 saturated heterocycles. The van der Waals surface area contributed by atoms with E-state index in [2.05, 4.69) is 26.6 Å². The summed E-state index contributed by atoms with van der Waals surface area (Å²) in [6, 6.07) is 27.3. The van der Waals surface area contributed by atoms with Gasteiger partial charge >= 0.3 is 0 Å². The molecular weight excluding hydrogens is 717 g/mol. The molecule has 1 amide bonds. The second-order valence-electron chi connectivity index (χ2n) is 10.1. The van der Waals surface area contributed by atoms with Crippen LogP contribution in [0, 0.1) is 0 Å². The number of rotatable bonds is 9. The smallest absolute Gasteiger partial charge is 0.255 e. The van der Waals surface area contributed by atoms with Gasteiger partial charge in [0.1, 0.15) is 18.4 Å². The molecule has 0 spiro atoms. The van der Waals surface area contributed by atoms with Crippen LogP contribution in [0.4, 0.5) is 11.6 Å². The lowest BCUT2D eigenvalue weighted by Crippen LogP contribution is -2.31. The summed E-state index contributed by atoms with van der Waals surface area (Å²) in [7, 11) is 0. The van der Waals surface area contributed by atoms with Crippen LogP contribution in [0.2, 0.25) is 15.1 Å². The van der Waals surface area contributed by atoms with Gasteiger partial charge in [0.2, 0.25) is 11.1 Å². The Bertz CT molecular complexity index is 1920. The van der Waals surface area contributed by atoms with Crippen LogP contribution < -0.4 is 15.4 Å². The number of ether oxygens (including phenoxy) is 1. The maximum Gasteiger partial charge on any atom is 0.255 e. The summed E-state index contributed by atoms with van der Waals surface area (Å²) in [5.41, 5.74) is 4.23. The number of carbonyl (C=O) groups excluding carboxylic acids is 1. The summed E-state index contributed by atoms with van der Waals surface area (Å²) < 4.78 is 8.91. The van der Waals surface area contributed by atoms with Gasteiger partial charge in [0.05, 0.1) is 5.57 Å². The maximum atomic E-state index is 14.0. The largest absolute Gasteiger partial charge is 0.488 e. The lowest BCUT2D eigenvalue weighted by atomic mass is 9.94. The third-order valence-corrected chi connectivity index (χ3v) is 9.42. The molecule has 2 N–H and O–H groups in total. The Morgan fingerprint density at radius 3 is 2.53 bits per heavy atom. The van der Waals surface area contributed by atoms with Gasteiger partial charge in [0.25, 0.3) is 5.91 Å². The summed E-state index contributed by atoms with van der Waals surface area (Å²) in [6.45, 7) is 2.04. The van der Waals surface area contributed by atoms with Gasteiger partial charge in [-0.15, -0.1) is 5.10 Å². The lowest BCUT2D eigenvalue weighted by Gasteiger charge is -2.30. The topological polar surface area (TPSA) is 81.1 Å². The van der Waals surface area contributed by atoms with E-state index in [-0.39, 0.29) is 12.5 Å². The number of allylic oxidation sites excluding steroid dienone is 1. The van der Waals surface area contributed by atoms with Crippen LogP contribution in [-0.4, -0.2) is 20.7 Å². The summed E-state index contributed by atoms with van der Waals surface area (Å²) in [5.74, 6) is 1.35. The van der Waals surface area contributed by atoms with Crippen molar-refractivity contribution in [2.45, 2.75) is 30.5 Å². The number of para-hydroxylation sites is 1. The van der Waals surface area contributed by atoms with Crippen LogP contribution in [0.5, 0.6) is 5.75 Å². The molecule has 0 saturated carbocycles. The van der Waals surface area contributed by atoms with Crippen molar-refractivity contribution in [1.29, 1.82) is 0 Å². The summed E-state index contributed by atoms with van der Waals surface area (Å²) >= 11 is 24.0. The van der Waals surface area contributed by atoms with Crippen molar-refractivity contribution in [3.63, 3.8) is 0 Å². The van der Waals surface area contributed by atoms with Gasteiger partial charge in [-0.25, -0.2) is 4.68 Å². The molecule has 4 aromatic carbocycles. The molecular formula is C33H25BrCl3N5O2S. The van der Waals surface area contributed by atoms with Crippen molar-refractivity contribution in [3.05, 3.63) is 138 Å². The third-order valence-electron chi connectivity index (χ3n) is 7.09. The quantitative estimate of drug-likeness (QED) is 0.147. The highest BCUT2D eigenvalue weighted by Crippen LogP contribution is 2.42. The van der Waals surface area contributed by atoms with Gasteiger partial charge in [-0.2, -0.15) is 4.98 Å². The van der Waals surface area contributed by atoms with E-state index < -0.39 is 6.04 Å². The monoisotopic (exact) mass is 739 g/mol. The van der Waals surface area contributed by atoms with Gasteiger partial charge in [0, 0.05) is 47.8 Å². The summed E-state index contributed by atoms with van der Waals surface area (Å²) in [6.07, 6.45) is 0. The predicted octanol–water partition coefficient (Wildman–Crippen LogP) is 9.80.